The first-order valence-corrected chi connectivity index (χ1v) is 13.3. The molecule has 2 saturated heterocycles. The van der Waals surface area contributed by atoms with Gasteiger partial charge in [0.25, 0.3) is 0 Å². The Labute approximate surface area is 251 Å². The maximum atomic E-state index is 14.0. The monoisotopic (exact) mass is 575 g/mol. The van der Waals surface area contributed by atoms with Gasteiger partial charge in [0.15, 0.2) is 0 Å². The number of amides is 2. The average molecular weight is 576 g/mol. The molecule has 0 aromatic carbocycles. The number of nitrogen functional groups attached to an aromatic ring is 1. The number of ether oxygens (including phenoxy) is 1. The second-order valence-electron chi connectivity index (χ2n) is 12.1. The molecule has 222 valence electrons. The quantitative estimate of drug-likeness (QED) is 0.539. The Balaban J connectivity index is 1.62. The lowest BCUT2D eigenvalue weighted by Gasteiger charge is -2.45. The van der Waals surface area contributed by atoms with Crippen molar-refractivity contribution in [3.05, 3.63) is 18.0 Å². The van der Waals surface area contributed by atoms with Crippen molar-refractivity contribution in [2.75, 3.05) is 61.3 Å². The highest BCUT2D eigenvalue weighted by Crippen LogP contribution is 2.42. The first kappa shape index (κ1) is 20.2. The zero-order valence-electron chi connectivity index (χ0n) is 32.0. The number of rotatable bonds is 5. The van der Waals surface area contributed by atoms with Crippen LogP contribution in [-0.2, 0) is 16.0 Å². The molecule has 3 N–H and O–H groups in total. The van der Waals surface area contributed by atoms with Gasteiger partial charge in [0.1, 0.15) is 11.4 Å². The van der Waals surface area contributed by atoms with E-state index in [-0.39, 0.29) is 35.4 Å². The minimum absolute atomic E-state index is 0.0300. The van der Waals surface area contributed by atoms with Crippen molar-refractivity contribution >= 4 is 29.7 Å². The molecule has 3 aliphatic heterocycles. The molecule has 5 rings (SSSR count). The van der Waals surface area contributed by atoms with Gasteiger partial charge in [-0.1, -0.05) is 0 Å². The van der Waals surface area contributed by atoms with Crippen molar-refractivity contribution in [3.8, 4) is 11.3 Å². The van der Waals surface area contributed by atoms with Gasteiger partial charge in [0.05, 0.1) is 35.3 Å². The first-order valence-electron chi connectivity index (χ1n) is 17.3. The molecule has 0 radical (unpaired) electrons. The molecule has 1 atom stereocenters. The minimum atomic E-state index is -3.34. The topological polar surface area (TPSA) is 154 Å². The van der Waals surface area contributed by atoms with E-state index >= 15 is 0 Å². The summed E-state index contributed by atoms with van der Waals surface area (Å²) in [5.74, 6) is -0.830. The van der Waals surface area contributed by atoms with Crippen LogP contribution in [0.2, 0.25) is 0 Å². The van der Waals surface area contributed by atoms with Gasteiger partial charge >= 0.3 is 6.09 Å². The van der Waals surface area contributed by atoms with Crippen molar-refractivity contribution in [2.24, 2.45) is 0 Å². The summed E-state index contributed by atoms with van der Waals surface area (Å²) in [6, 6.07) is 0. The summed E-state index contributed by atoms with van der Waals surface area (Å²) in [4.78, 5) is 48.3. The second kappa shape index (κ2) is 10.3. The van der Waals surface area contributed by atoms with Crippen LogP contribution in [0.1, 0.15) is 64.5 Å². The minimum Gasteiger partial charge on any atom is -0.465 e. The smallest absolute Gasteiger partial charge is 0.408 e. The number of aromatic nitrogens is 4. The van der Waals surface area contributed by atoms with Crippen molar-refractivity contribution in [1.29, 1.82) is 0 Å². The van der Waals surface area contributed by atoms with E-state index in [1.807, 2.05) is 11.8 Å². The maximum absolute atomic E-state index is 14.0. The third-order valence-corrected chi connectivity index (χ3v) is 7.71. The number of hydrogen-bond acceptors (Lipinski definition) is 10. The van der Waals surface area contributed by atoms with E-state index in [0.29, 0.717) is 30.5 Å². The highest BCUT2D eigenvalue weighted by atomic mass is 16.5. The zero-order valence-corrected chi connectivity index (χ0v) is 24.0. The summed E-state index contributed by atoms with van der Waals surface area (Å²) in [6.45, 7) is -2.31. The Morgan fingerprint density at radius 2 is 1.78 bits per heavy atom. The van der Waals surface area contributed by atoms with E-state index in [2.05, 4.69) is 19.9 Å². The summed E-state index contributed by atoms with van der Waals surface area (Å²) in [6.07, 6.45) is 2.32. The van der Waals surface area contributed by atoms with Crippen LogP contribution in [0.5, 0.6) is 0 Å². The molecule has 2 aromatic rings. The van der Waals surface area contributed by atoms with Gasteiger partial charge in [0, 0.05) is 61.7 Å². The normalized spacial score (nSPS) is 29.1. The fourth-order valence-corrected chi connectivity index (χ4v) is 6.04. The Hall–Kier alpha value is -3.74. The van der Waals surface area contributed by atoms with Gasteiger partial charge in [-0.25, -0.2) is 19.7 Å². The number of carboxylic acid groups (broad SMARTS) is 1. The fraction of sp³-hybridized carbons (Fsp3) is 0.643. The lowest BCUT2D eigenvalue weighted by Crippen LogP contribution is -2.63. The van der Waals surface area contributed by atoms with Crippen molar-refractivity contribution in [3.63, 3.8) is 0 Å². The number of nitrogens with two attached hydrogens (primary N) is 1. The van der Waals surface area contributed by atoms with Crippen LogP contribution in [0.25, 0.3) is 11.3 Å². The van der Waals surface area contributed by atoms with E-state index in [4.69, 9.17) is 21.4 Å². The first-order chi connectivity index (χ1) is 22.2. The summed E-state index contributed by atoms with van der Waals surface area (Å²) in [5, 5.41) is 10.0. The zero-order chi connectivity index (χ0) is 36.9. The van der Waals surface area contributed by atoms with Crippen LogP contribution < -0.4 is 15.5 Å². The second-order valence-corrected chi connectivity index (χ2v) is 12.1. The summed E-state index contributed by atoms with van der Waals surface area (Å²) in [7, 11) is 0. The lowest BCUT2D eigenvalue weighted by atomic mass is 9.93. The molecule has 0 saturated carbocycles. The number of carbonyl (C=O) groups excluding carboxylic acids is 1. The van der Waals surface area contributed by atoms with E-state index in [0.717, 1.165) is 4.90 Å². The lowest BCUT2D eigenvalue weighted by molar-refractivity contribution is -0.143. The molecule has 41 heavy (non-hydrogen) atoms. The predicted octanol–water partition coefficient (Wildman–Crippen LogP) is 2.26. The summed E-state index contributed by atoms with van der Waals surface area (Å²) >= 11 is 0. The largest absolute Gasteiger partial charge is 0.465 e. The summed E-state index contributed by atoms with van der Waals surface area (Å²) < 4.78 is 71.9. The van der Waals surface area contributed by atoms with Crippen molar-refractivity contribution in [1.82, 2.24) is 29.7 Å². The molecule has 13 nitrogen and oxygen atoms in total. The number of hydrogen-bond donors (Lipinski definition) is 2. The van der Waals surface area contributed by atoms with E-state index in [9.17, 15) is 14.7 Å². The van der Waals surface area contributed by atoms with Gasteiger partial charge in [0.2, 0.25) is 17.8 Å². The molecular formula is C28H41N9O4. The molecule has 0 unspecified atom stereocenters. The van der Waals surface area contributed by atoms with E-state index in [1.165, 1.54) is 12.4 Å². The average Bonchev–Trinajstić information content (AvgIpc) is 3.54. The van der Waals surface area contributed by atoms with Gasteiger partial charge in [-0.3, -0.25) is 9.69 Å². The Morgan fingerprint density at radius 3 is 2.39 bits per heavy atom. The summed E-state index contributed by atoms with van der Waals surface area (Å²) in [5.41, 5.74) is 3.69. The predicted molar refractivity (Wildman–Crippen MR) is 155 cm³/mol. The standard InChI is InChI=1S/C28H41N9O4/c1-26(2,3)37(25(39)40)27(4,5)22(38)35-10-8-28(6,17-35)36-9-7-19-20(18-15-30-23(29)31-16-18)32-24(33-21(19)36)34-11-13-41-14-12-34/h15-16H,7-14,17H2,1-6H3,(H,39,40)(H2,29,30,31)/t28-/m0/s1/i11D2,12D2,13D2,14D2. The Kier molecular flexibility index (Phi) is 5.06. The van der Waals surface area contributed by atoms with Crippen LogP contribution in [0.15, 0.2) is 12.4 Å². The molecular weight excluding hydrogens is 526 g/mol. The molecule has 0 aliphatic carbocycles. The van der Waals surface area contributed by atoms with Gasteiger partial charge in [-0.05, 0) is 54.4 Å². The molecule has 13 heteroatoms. The third kappa shape index (κ3) is 5.22. The van der Waals surface area contributed by atoms with Gasteiger partial charge < -0.3 is 30.3 Å². The molecule has 0 bridgehead atoms. The highest BCUT2D eigenvalue weighted by molar-refractivity contribution is 5.89. The van der Waals surface area contributed by atoms with Crippen LogP contribution in [0.4, 0.5) is 22.5 Å². The van der Waals surface area contributed by atoms with E-state index in [1.54, 1.807) is 39.5 Å². The molecule has 3 aliphatic rings. The number of nitrogens with zero attached hydrogens (tertiary/aromatic N) is 8. The molecule has 2 aromatic heterocycles. The van der Waals surface area contributed by atoms with Crippen molar-refractivity contribution in [2.45, 2.75) is 71.0 Å². The number of fused-ring (bicyclic) bond motifs is 1. The van der Waals surface area contributed by atoms with Crippen molar-refractivity contribution < 1.29 is 30.4 Å². The number of likely N-dealkylation sites (tertiary alicyclic amines) is 1. The Morgan fingerprint density at radius 1 is 1.12 bits per heavy atom. The number of morpholine rings is 1. The molecule has 5 heterocycles. The maximum Gasteiger partial charge on any atom is 0.408 e. The Bertz CT molecular complexity index is 1650. The highest BCUT2D eigenvalue weighted by Gasteiger charge is 2.50. The molecule has 2 fully saturated rings. The van der Waals surface area contributed by atoms with Crippen LogP contribution in [0, 0.1) is 0 Å². The van der Waals surface area contributed by atoms with Crippen LogP contribution in [0.3, 0.4) is 0 Å². The van der Waals surface area contributed by atoms with Crippen LogP contribution in [-0.4, -0.2) is 109 Å². The molecule has 2 amide bonds. The number of carbonyl (C=O) groups is 2. The SMILES string of the molecule is [2H]C1([2H])OC([2H])([2H])C([2H])([2H])N(c2nc(-c3cnc(N)nc3)c3c(n2)N([C@@]2(C)CCN(C(=O)C(C)(C)N(C(=O)O)C(C)(C)C)C2)CC3)C1([2H])[2H]. The fourth-order valence-electron chi connectivity index (χ4n) is 6.04. The molecule has 0 spiro atoms. The van der Waals surface area contributed by atoms with E-state index < -0.39 is 60.7 Å². The van der Waals surface area contributed by atoms with Crippen LogP contribution >= 0.6 is 0 Å². The number of anilines is 3. The third-order valence-electron chi connectivity index (χ3n) is 7.71. The van der Waals surface area contributed by atoms with Gasteiger partial charge in [-0.15, -0.1) is 0 Å². The van der Waals surface area contributed by atoms with Gasteiger partial charge in [-0.2, -0.15) is 4.98 Å².